The molecule has 0 unspecified atom stereocenters. The van der Waals surface area contributed by atoms with E-state index >= 15 is 0 Å². The van der Waals surface area contributed by atoms with Gasteiger partial charge in [0, 0.05) is 5.56 Å². The predicted molar refractivity (Wildman–Crippen MR) is 105 cm³/mol. The highest BCUT2D eigenvalue weighted by Gasteiger charge is 2.26. The molecule has 28 heavy (non-hydrogen) atoms. The van der Waals surface area contributed by atoms with E-state index in [0.717, 1.165) is 16.7 Å². The second kappa shape index (κ2) is 7.34. The van der Waals surface area contributed by atoms with Gasteiger partial charge in [0.15, 0.2) is 17.3 Å². The largest absolute Gasteiger partial charge is 0.505 e. The number of aromatic hydroxyl groups is 1. The second-order valence-corrected chi connectivity index (χ2v) is 6.89. The topological polar surface area (TPSA) is 83.8 Å². The maximum absolute atomic E-state index is 14.2. The first-order chi connectivity index (χ1) is 13.3. The van der Waals surface area contributed by atoms with Gasteiger partial charge in [-0.2, -0.15) is 0 Å². The minimum atomic E-state index is -0.722. The molecule has 2 heterocycles. The molecular weight excluding hydrogens is 361 g/mol. The Kier molecular flexibility index (Phi) is 5.09. The van der Waals surface area contributed by atoms with Gasteiger partial charge in [0.05, 0.1) is 17.6 Å². The Morgan fingerprint density at radius 2 is 2.07 bits per heavy atom. The summed E-state index contributed by atoms with van der Waals surface area (Å²) in [7, 11) is 0. The van der Waals surface area contributed by atoms with E-state index in [1.165, 1.54) is 18.3 Å². The maximum Gasteiger partial charge on any atom is 0.165 e. The number of nitrogens with zero attached hydrogens (tertiary/aromatic N) is 3. The van der Waals surface area contributed by atoms with Crippen molar-refractivity contribution in [3.05, 3.63) is 64.4 Å². The van der Waals surface area contributed by atoms with Crippen LogP contribution in [0.25, 0.3) is 16.9 Å². The van der Waals surface area contributed by atoms with Gasteiger partial charge in [-0.3, -0.25) is 0 Å². The monoisotopic (exact) mass is 383 g/mol. The smallest absolute Gasteiger partial charge is 0.165 e. The average molecular weight is 383 g/mol. The zero-order valence-corrected chi connectivity index (χ0v) is 16.2. The van der Waals surface area contributed by atoms with Gasteiger partial charge in [-0.25, -0.2) is 4.39 Å². The number of rotatable bonds is 5. The summed E-state index contributed by atoms with van der Waals surface area (Å²) in [5.41, 5.74) is 5.91. The molecule has 0 aliphatic heterocycles. The van der Waals surface area contributed by atoms with Crippen LogP contribution in [0.4, 0.5) is 4.39 Å². The number of hydrogen-bond acceptors (Lipinski definition) is 5. The van der Waals surface area contributed by atoms with E-state index in [-0.39, 0.29) is 0 Å². The van der Waals surface area contributed by atoms with Crippen molar-refractivity contribution in [2.75, 3.05) is 0 Å². The van der Waals surface area contributed by atoms with Crippen molar-refractivity contribution in [2.45, 2.75) is 34.1 Å². The Morgan fingerprint density at radius 1 is 1.36 bits per heavy atom. The first-order valence-corrected chi connectivity index (χ1v) is 8.74. The van der Waals surface area contributed by atoms with Crippen molar-refractivity contribution in [1.82, 2.24) is 9.72 Å². The molecule has 0 atom stereocenters. The Bertz CT molecular complexity index is 1070. The SMILES string of the molecule is C=C(C)Cc1c(C)c(C=NO)n(-c2c(C)noc2C)c1-c1ccc(O)c(F)c1. The zero-order chi connectivity index (χ0) is 20.6. The molecule has 0 fully saturated rings. The van der Waals surface area contributed by atoms with E-state index in [1.54, 1.807) is 19.9 Å². The van der Waals surface area contributed by atoms with Crippen LogP contribution < -0.4 is 0 Å². The summed E-state index contributed by atoms with van der Waals surface area (Å²) >= 11 is 0. The van der Waals surface area contributed by atoms with Crippen molar-refractivity contribution < 1.29 is 19.2 Å². The van der Waals surface area contributed by atoms with Gasteiger partial charge in [0.1, 0.15) is 11.4 Å². The molecule has 7 heteroatoms. The van der Waals surface area contributed by atoms with Crippen LogP contribution >= 0.6 is 0 Å². The molecule has 6 nitrogen and oxygen atoms in total. The standard InChI is InChI=1S/C21H22FN3O3/c1-11(2)8-16-12(3)18(10-23-27)25(20-13(4)24-28-14(20)5)21(16)15-6-7-19(26)17(22)9-15/h6-7,9-10,26-27H,1,8H2,2-5H3. The highest BCUT2D eigenvalue weighted by atomic mass is 19.1. The van der Waals surface area contributed by atoms with Gasteiger partial charge >= 0.3 is 0 Å². The molecule has 2 N–H and O–H groups in total. The van der Waals surface area contributed by atoms with E-state index in [9.17, 15) is 14.7 Å². The number of phenolic OH excluding ortho intramolecular Hbond substituents is 1. The van der Waals surface area contributed by atoms with Crippen LogP contribution in [-0.4, -0.2) is 26.3 Å². The van der Waals surface area contributed by atoms with Crippen molar-refractivity contribution in [1.29, 1.82) is 0 Å². The average Bonchev–Trinajstić information content (AvgIpc) is 3.08. The Balaban J connectivity index is 2.48. The van der Waals surface area contributed by atoms with Crippen molar-refractivity contribution in [2.24, 2.45) is 5.16 Å². The van der Waals surface area contributed by atoms with Crippen molar-refractivity contribution >= 4 is 6.21 Å². The number of benzene rings is 1. The predicted octanol–water partition coefficient (Wildman–Crippen LogP) is 4.83. The molecule has 0 saturated carbocycles. The minimum absolute atomic E-state index is 0.422. The molecule has 0 radical (unpaired) electrons. The van der Waals surface area contributed by atoms with Crippen LogP contribution in [-0.2, 0) is 6.42 Å². The molecular formula is C21H22FN3O3. The Labute approximate surface area is 162 Å². The number of halogens is 1. The first kappa shape index (κ1) is 19.4. The van der Waals surface area contributed by atoms with Crippen molar-refractivity contribution in [3.63, 3.8) is 0 Å². The van der Waals surface area contributed by atoms with Gasteiger partial charge in [-0.1, -0.05) is 22.5 Å². The van der Waals surface area contributed by atoms with Crippen LogP contribution in [0.2, 0.25) is 0 Å². The molecule has 0 amide bonds. The summed E-state index contributed by atoms with van der Waals surface area (Å²) in [6.07, 6.45) is 1.88. The van der Waals surface area contributed by atoms with Crippen LogP contribution in [0.15, 0.2) is 40.0 Å². The number of hydrogen-bond donors (Lipinski definition) is 2. The molecule has 1 aromatic carbocycles. The van der Waals surface area contributed by atoms with Gasteiger partial charge in [-0.05, 0) is 63.4 Å². The highest BCUT2D eigenvalue weighted by Crippen LogP contribution is 2.38. The molecule has 0 saturated heterocycles. The van der Waals surface area contributed by atoms with E-state index in [0.29, 0.717) is 40.5 Å². The quantitative estimate of drug-likeness (QED) is 0.286. The zero-order valence-electron chi connectivity index (χ0n) is 16.2. The lowest BCUT2D eigenvalue weighted by molar-refractivity contribution is 0.321. The van der Waals surface area contributed by atoms with E-state index < -0.39 is 11.6 Å². The summed E-state index contributed by atoms with van der Waals surface area (Å²) in [6.45, 7) is 11.4. The van der Waals surface area contributed by atoms with Crippen LogP contribution in [0.5, 0.6) is 5.75 Å². The van der Waals surface area contributed by atoms with E-state index in [1.807, 2.05) is 18.4 Å². The highest BCUT2D eigenvalue weighted by molar-refractivity contribution is 5.86. The molecule has 3 aromatic rings. The van der Waals surface area contributed by atoms with E-state index in [4.69, 9.17) is 4.52 Å². The molecule has 3 rings (SSSR count). The third-order valence-electron chi connectivity index (χ3n) is 4.69. The summed E-state index contributed by atoms with van der Waals surface area (Å²) in [5, 5.41) is 26.1. The molecule has 0 aliphatic rings. The first-order valence-electron chi connectivity index (χ1n) is 8.74. The number of phenols is 1. The third kappa shape index (κ3) is 3.19. The lowest BCUT2D eigenvalue weighted by Gasteiger charge is -2.14. The Morgan fingerprint density at radius 3 is 2.61 bits per heavy atom. The fraction of sp³-hybridized carbons (Fsp3) is 0.238. The summed E-state index contributed by atoms with van der Waals surface area (Å²) in [4.78, 5) is 0. The molecule has 0 aliphatic carbocycles. The molecule has 2 aromatic heterocycles. The lowest BCUT2D eigenvalue weighted by Crippen LogP contribution is -2.05. The fourth-order valence-corrected chi connectivity index (χ4v) is 3.47. The number of aryl methyl sites for hydroxylation is 2. The lowest BCUT2D eigenvalue weighted by atomic mass is 9.99. The third-order valence-corrected chi connectivity index (χ3v) is 4.69. The normalized spacial score (nSPS) is 11.5. The van der Waals surface area contributed by atoms with Gasteiger partial charge in [-0.15, -0.1) is 0 Å². The number of aromatic nitrogens is 2. The fourth-order valence-electron chi connectivity index (χ4n) is 3.47. The van der Waals surface area contributed by atoms with Crippen LogP contribution in [0.1, 0.15) is 35.2 Å². The summed E-state index contributed by atoms with van der Waals surface area (Å²) in [6, 6.07) is 4.24. The van der Waals surface area contributed by atoms with Gasteiger partial charge in [0.25, 0.3) is 0 Å². The summed E-state index contributed by atoms with van der Waals surface area (Å²) < 4.78 is 21.4. The van der Waals surface area contributed by atoms with Crippen LogP contribution in [0, 0.1) is 26.6 Å². The number of allylic oxidation sites excluding steroid dienone is 1. The van der Waals surface area contributed by atoms with Crippen molar-refractivity contribution in [3.8, 4) is 22.7 Å². The van der Waals surface area contributed by atoms with Crippen LogP contribution in [0.3, 0.4) is 0 Å². The Hall–Kier alpha value is -3.35. The number of oxime groups is 1. The molecule has 0 bridgehead atoms. The second-order valence-electron chi connectivity index (χ2n) is 6.89. The maximum atomic E-state index is 14.2. The minimum Gasteiger partial charge on any atom is -0.505 e. The molecule has 0 spiro atoms. The summed E-state index contributed by atoms with van der Waals surface area (Å²) in [5.74, 6) is -0.572. The van der Waals surface area contributed by atoms with Gasteiger partial charge in [0.2, 0.25) is 0 Å². The van der Waals surface area contributed by atoms with E-state index in [2.05, 4.69) is 16.9 Å². The van der Waals surface area contributed by atoms with Gasteiger partial charge < -0.3 is 19.4 Å². The molecule has 146 valence electrons.